The molecule has 3 rings (SSSR count). The largest absolute Gasteiger partial charge is 0.497 e. The maximum atomic E-state index is 12.9. The quantitative estimate of drug-likeness (QED) is 0.754. The molecule has 0 saturated carbocycles. The Balaban J connectivity index is 1.74. The highest BCUT2D eigenvalue weighted by molar-refractivity contribution is 6.33. The number of hydrogen-bond acceptors (Lipinski definition) is 4. The number of imide groups is 1. The second-order valence-corrected chi connectivity index (χ2v) is 7.11. The molecule has 2 N–H and O–H groups in total. The molecule has 4 amide bonds. The Morgan fingerprint density at radius 3 is 2.50 bits per heavy atom. The molecule has 1 unspecified atom stereocenters. The van der Waals surface area contributed by atoms with Crippen molar-refractivity contribution in [2.24, 2.45) is 0 Å². The minimum Gasteiger partial charge on any atom is -0.497 e. The van der Waals surface area contributed by atoms with Gasteiger partial charge in [-0.25, -0.2) is 4.79 Å². The number of carbonyl (C=O) groups excluding carboxylic acids is 3. The van der Waals surface area contributed by atoms with E-state index in [0.717, 1.165) is 10.5 Å². The molecule has 0 spiro atoms. The summed E-state index contributed by atoms with van der Waals surface area (Å²) in [5, 5.41) is 5.67. The van der Waals surface area contributed by atoms with Crippen molar-refractivity contribution < 1.29 is 19.1 Å². The number of ether oxygens (including phenoxy) is 1. The van der Waals surface area contributed by atoms with Crippen molar-refractivity contribution in [1.82, 2.24) is 10.2 Å². The molecule has 8 heteroatoms. The first-order valence-corrected chi connectivity index (χ1v) is 8.97. The topological polar surface area (TPSA) is 87.7 Å². The van der Waals surface area contributed by atoms with Gasteiger partial charge < -0.3 is 15.4 Å². The first-order chi connectivity index (χ1) is 13.2. The van der Waals surface area contributed by atoms with Gasteiger partial charge >= 0.3 is 6.03 Å². The van der Waals surface area contributed by atoms with Crippen LogP contribution in [-0.2, 0) is 15.1 Å². The molecule has 0 radical (unpaired) electrons. The van der Waals surface area contributed by atoms with Crippen LogP contribution < -0.4 is 15.4 Å². The summed E-state index contributed by atoms with van der Waals surface area (Å²) in [5.41, 5.74) is 0.705. The zero-order valence-electron chi connectivity index (χ0n) is 15.7. The fourth-order valence-corrected chi connectivity index (χ4v) is 3.30. The van der Waals surface area contributed by atoms with Crippen molar-refractivity contribution in [1.29, 1.82) is 0 Å². The smallest absolute Gasteiger partial charge is 0.325 e. The molecule has 1 saturated heterocycles. The Morgan fingerprint density at radius 1 is 1.21 bits per heavy atom. The first kappa shape index (κ1) is 19.7. The molecule has 0 aromatic heterocycles. The van der Waals surface area contributed by atoms with Crippen LogP contribution in [0.15, 0.2) is 42.5 Å². The average Bonchev–Trinajstić information content (AvgIpc) is 2.88. The molecule has 1 atom stereocenters. The van der Waals surface area contributed by atoms with Crippen molar-refractivity contribution in [3.63, 3.8) is 0 Å². The Hall–Kier alpha value is -3.06. The van der Waals surface area contributed by atoms with E-state index < -0.39 is 29.9 Å². The summed E-state index contributed by atoms with van der Waals surface area (Å²) >= 11 is 6.11. The van der Waals surface area contributed by atoms with E-state index in [9.17, 15) is 14.4 Å². The Bertz CT molecular complexity index is 945. The minimum atomic E-state index is -1.26. The van der Waals surface area contributed by atoms with Gasteiger partial charge in [-0.05, 0) is 49.2 Å². The average molecular weight is 402 g/mol. The van der Waals surface area contributed by atoms with E-state index in [0.29, 0.717) is 22.0 Å². The summed E-state index contributed by atoms with van der Waals surface area (Å²) in [7, 11) is 1.54. The zero-order chi connectivity index (χ0) is 20.5. The van der Waals surface area contributed by atoms with Gasteiger partial charge in [-0.2, -0.15) is 0 Å². The highest BCUT2D eigenvalue weighted by Crippen LogP contribution is 2.30. The maximum Gasteiger partial charge on any atom is 0.325 e. The van der Waals surface area contributed by atoms with Gasteiger partial charge in [0.05, 0.1) is 17.8 Å². The molecule has 1 aliphatic rings. The van der Waals surface area contributed by atoms with Gasteiger partial charge in [0.1, 0.15) is 17.8 Å². The van der Waals surface area contributed by atoms with Crippen LogP contribution in [0.5, 0.6) is 5.75 Å². The SMILES string of the molecule is COc1ccc(C2(C)NC(=O)N(CC(=O)Nc3ccc(C)cc3Cl)C2=O)cc1. The lowest BCUT2D eigenvalue weighted by Crippen LogP contribution is -2.42. The van der Waals surface area contributed by atoms with Crippen molar-refractivity contribution >= 4 is 35.1 Å². The molecule has 1 heterocycles. The van der Waals surface area contributed by atoms with Crippen LogP contribution in [0.25, 0.3) is 0 Å². The number of rotatable bonds is 5. The minimum absolute atomic E-state index is 0.383. The van der Waals surface area contributed by atoms with E-state index in [1.807, 2.05) is 6.92 Å². The van der Waals surface area contributed by atoms with E-state index in [1.54, 1.807) is 56.5 Å². The Kier molecular flexibility index (Phi) is 5.29. The molecule has 7 nitrogen and oxygen atoms in total. The number of urea groups is 1. The van der Waals surface area contributed by atoms with Crippen molar-refractivity contribution in [3.8, 4) is 5.75 Å². The number of carbonyl (C=O) groups is 3. The molecule has 1 aliphatic heterocycles. The molecule has 0 aliphatic carbocycles. The summed E-state index contributed by atoms with van der Waals surface area (Å²) in [4.78, 5) is 38.5. The number of hydrogen-bond donors (Lipinski definition) is 2. The van der Waals surface area contributed by atoms with Gasteiger partial charge in [0, 0.05) is 0 Å². The Labute approximate surface area is 167 Å². The molecular weight excluding hydrogens is 382 g/mol. The number of aryl methyl sites for hydroxylation is 1. The third-order valence-corrected chi connectivity index (χ3v) is 4.96. The van der Waals surface area contributed by atoms with E-state index in [1.165, 1.54) is 0 Å². The van der Waals surface area contributed by atoms with Crippen molar-refractivity contribution in [2.45, 2.75) is 19.4 Å². The molecular formula is C20H20ClN3O4. The second kappa shape index (κ2) is 7.52. The summed E-state index contributed by atoms with van der Waals surface area (Å²) in [5.74, 6) is -0.392. The molecule has 28 heavy (non-hydrogen) atoms. The summed E-state index contributed by atoms with van der Waals surface area (Å²) < 4.78 is 5.11. The van der Waals surface area contributed by atoms with E-state index in [-0.39, 0.29) is 0 Å². The van der Waals surface area contributed by atoms with Crippen LogP contribution in [0, 0.1) is 6.92 Å². The normalized spacial score (nSPS) is 18.8. The van der Waals surface area contributed by atoms with Crippen LogP contribution in [0.2, 0.25) is 5.02 Å². The lowest BCUT2D eigenvalue weighted by atomic mass is 9.92. The van der Waals surface area contributed by atoms with Crippen LogP contribution in [-0.4, -0.2) is 36.4 Å². The zero-order valence-corrected chi connectivity index (χ0v) is 16.5. The molecule has 146 valence electrons. The van der Waals surface area contributed by atoms with Crippen LogP contribution >= 0.6 is 11.6 Å². The van der Waals surface area contributed by atoms with Gasteiger partial charge in [-0.3, -0.25) is 14.5 Å². The standard InChI is InChI=1S/C20H20ClN3O4/c1-12-4-9-16(15(21)10-12)22-17(25)11-24-18(26)20(2,23-19(24)27)13-5-7-14(28-3)8-6-13/h4-10H,11H2,1-3H3,(H,22,25)(H,23,27). The second-order valence-electron chi connectivity index (χ2n) is 6.71. The van der Waals surface area contributed by atoms with Crippen molar-refractivity contribution in [3.05, 3.63) is 58.6 Å². The number of amides is 4. The fraction of sp³-hybridized carbons (Fsp3) is 0.250. The van der Waals surface area contributed by atoms with Gasteiger partial charge in [-0.15, -0.1) is 0 Å². The maximum absolute atomic E-state index is 12.9. The first-order valence-electron chi connectivity index (χ1n) is 8.59. The lowest BCUT2D eigenvalue weighted by Gasteiger charge is -2.22. The van der Waals surface area contributed by atoms with Crippen LogP contribution in [0.4, 0.5) is 10.5 Å². The van der Waals surface area contributed by atoms with Gasteiger partial charge in [0.25, 0.3) is 5.91 Å². The number of nitrogens with zero attached hydrogens (tertiary/aromatic N) is 1. The van der Waals surface area contributed by atoms with Crippen molar-refractivity contribution in [2.75, 3.05) is 19.0 Å². The fourth-order valence-electron chi connectivity index (χ4n) is 3.02. The van der Waals surface area contributed by atoms with Crippen LogP contribution in [0.3, 0.4) is 0 Å². The lowest BCUT2D eigenvalue weighted by molar-refractivity contribution is -0.133. The predicted octanol–water partition coefficient (Wildman–Crippen LogP) is 3.06. The Morgan fingerprint density at radius 2 is 1.89 bits per heavy atom. The molecule has 2 aromatic rings. The summed E-state index contributed by atoms with van der Waals surface area (Å²) in [6, 6.07) is 11.4. The number of anilines is 1. The monoisotopic (exact) mass is 401 g/mol. The molecule has 0 bridgehead atoms. The van der Waals surface area contributed by atoms with E-state index >= 15 is 0 Å². The third-order valence-electron chi connectivity index (χ3n) is 4.64. The number of methoxy groups -OCH3 is 1. The highest BCUT2D eigenvalue weighted by Gasteiger charge is 2.49. The van der Waals surface area contributed by atoms with Crippen LogP contribution in [0.1, 0.15) is 18.1 Å². The van der Waals surface area contributed by atoms with E-state index in [2.05, 4.69) is 10.6 Å². The predicted molar refractivity (Wildman–Crippen MR) is 105 cm³/mol. The van der Waals surface area contributed by atoms with Gasteiger partial charge in [0.15, 0.2) is 0 Å². The number of halogens is 1. The molecule has 2 aromatic carbocycles. The summed E-state index contributed by atoms with van der Waals surface area (Å²) in [6.07, 6.45) is 0. The highest BCUT2D eigenvalue weighted by atomic mass is 35.5. The van der Waals surface area contributed by atoms with Gasteiger partial charge in [0.2, 0.25) is 5.91 Å². The number of benzene rings is 2. The summed E-state index contributed by atoms with van der Waals surface area (Å²) in [6.45, 7) is 3.06. The number of nitrogens with one attached hydrogen (secondary N) is 2. The molecule has 1 fully saturated rings. The third kappa shape index (κ3) is 3.66. The van der Waals surface area contributed by atoms with E-state index in [4.69, 9.17) is 16.3 Å². The van der Waals surface area contributed by atoms with Gasteiger partial charge in [-0.1, -0.05) is 29.8 Å².